The van der Waals surface area contributed by atoms with Crippen molar-refractivity contribution in [2.45, 2.75) is 6.92 Å². The molecule has 1 aromatic carbocycles. The number of hydrogen-bond acceptors (Lipinski definition) is 2. The molecule has 0 fully saturated rings. The highest BCUT2D eigenvalue weighted by atomic mass is 19.1. The fourth-order valence-corrected chi connectivity index (χ4v) is 1.12. The minimum absolute atomic E-state index is 0.144. The van der Waals surface area contributed by atoms with Gasteiger partial charge in [0.1, 0.15) is 17.2 Å². The molecule has 0 aromatic heterocycles. The summed E-state index contributed by atoms with van der Waals surface area (Å²) in [6.45, 7) is 0.936. The monoisotopic (exact) mass is 228 g/mol. The summed E-state index contributed by atoms with van der Waals surface area (Å²) in [7, 11) is 0. The summed E-state index contributed by atoms with van der Waals surface area (Å²) in [5.41, 5.74) is 4.22. The molecular formula is C10H10F2N2O2. The SMILES string of the molecule is Cc1ccc(F)c(C(=O)NCC(N)=O)c1F. The van der Waals surface area contributed by atoms with E-state index in [1.807, 2.05) is 5.32 Å². The molecule has 0 heterocycles. The Balaban J connectivity index is 2.99. The van der Waals surface area contributed by atoms with Gasteiger partial charge in [0.15, 0.2) is 0 Å². The molecule has 0 radical (unpaired) electrons. The van der Waals surface area contributed by atoms with Crippen LogP contribution in [0.5, 0.6) is 0 Å². The lowest BCUT2D eigenvalue weighted by atomic mass is 10.1. The van der Waals surface area contributed by atoms with E-state index in [4.69, 9.17) is 5.73 Å². The highest BCUT2D eigenvalue weighted by Gasteiger charge is 2.18. The van der Waals surface area contributed by atoms with Gasteiger partial charge in [0.25, 0.3) is 5.91 Å². The molecule has 0 aliphatic heterocycles. The molecule has 16 heavy (non-hydrogen) atoms. The highest BCUT2D eigenvalue weighted by Crippen LogP contribution is 2.15. The minimum atomic E-state index is -1.00. The molecule has 0 spiro atoms. The number of rotatable bonds is 3. The third kappa shape index (κ3) is 2.53. The van der Waals surface area contributed by atoms with Gasteiger partial charge in [0.05, 0.1) is 6.54 Å². The molecule has 0 unspecified atom stereocenters. The zero-order valence-corrected chi connectivity index (χ0v) is 8.51. The number of carbonyl (C=O) groups is 2. The number of nitrogens with two attached hydrogens (primary N) is 1. The summed E-state index contributed by atoms with van der Waals surface area (Å²) < 4.78 is 26.6. The topological polar surface area (TPSA) is 72.2 Å². The van der Waals surface area contributed by atoms with E-state index in [0.29, 0.717) is 0 Å². The van der Waals surface area contributed by atoms with Crippen LogP contribution in [0.1, 0.15) is 15.9 Å². The van der Waals surface area contributed by atoms with Crippen LogP contribution >= 0.6 is 0 Å². The van der Waals surface area contributed by atoms with Gasteiger partial charge in [-0.05, 0) is 18.6 Å². The Kier molecular flexibility index (Phi) is 3.55. The molecule has 86 valence electrons. The maximum absolute atomic E-state index is 13.4. The van der Waals surface area contributed by atoms with Gasteiger partial charge in [-0.3, -0.25) is 9.59 Å². The largest absolute Gasteiger partial charge is 0.368 e. The first kappa shape index (κ1) is 12.1. The molecule has 6 heteroatoms. The number of carbonyl (C=O) groups excluding carboxylic acids is 2. The number of aryl methyl sites for hydroxylation is 1. The second kappa shape index (κ2) is 4.69. The summed E-state index contributed by atoms with van der Waals surface area (Å²) in [4.78, 5) is 21.7. The van der Waals surface area contributed by atoms with Crippen molar-refractivity contribution in [2.75, 3.05) is 6.54 Å². The van der Waals surface area contributed by atoms with Crippen molar-refractivity contribution in [2.24, 2.45) is 5.73 Å². The third-order valence-corrected chi connectivity index (χ3v) is 1.93. The van der Waals surface area contributed by atoms with Gasteiger partial charge in [-0.25, -0.2) is 8.78 Å². The molecular weight excluding hydrogens is 218 g/mol. The van der Waals surface area contributed by atoms with E-state index in [1.54, 1.807) is 0 Å². The lowest BCUT2D eigenvalue weighted by Gasteiger charge is -2.07. The van der Waals surface area contributed by atoms with Crippen molar-refractivity contribution in [3.63, 3.8) is 0 Å². The molecule has 4 nitrogen and oxygen atoms in total. The van der Waals surface area contributed by atoms with Gasteiger partial charge in [0.2, 0.25) is 5.91 Å². The van der Waals surface area contributed by atoms with E-state index in [2.05, 4.69) is 0 Å². The fourth-order valence-electron chi connectivity index (χ4n) is 1.12. The van der Waals surface area contributed by atoms with Crippen LogP contribution in [-0.4, -0.2) is 18.4 Å². The van der Waals surface area contributed by atoms with Gasteiger partial charge in [-0.2, -0.15) is 0 Å². The quantitative estimate of drug-likeness (QED) is 0.790. The summed E-state index contributed by atoms with van der Waals surface area (Å²) in [5.74, 6) is -3.72. The normalized spacial score (nSPS) is 9.94. The molecule has 0 aliphatic carbocycles. The number of benzene rings is 1. The Morgan fingerprint density at radius 1 is 1.38 bits per heavy atom. The Morgan fingerprint density at radius 3 is 2.56 bits per heavy atom. The molecule has 0 bridgehead atoms. The van der Waals surface area contributed by atoms with Crippen molar-refractivity contribution in [1.82, 2.24) is 5.32 Å². The third-order valence-electron chi connectivity index (χ3n) is 1.93. The van der Waals surface area contributed by atoms with Gasteiger partial charge in [-0.15, -0.1) is 0 Å². The van der Waals surface area contributed by atoms with Crippen LogP contribution in [0.4, 0.5) is 8.78 Å². The Bertz CT molecular complexity index is 447. The van der Waals surface area contributed by atoms with Crippen LogP contribution < -0.4 is 11.1 Å². The van der Waals surface area contributed by atoms with Gasteiger partial charge < -0.3 is 11.1 Å². The number of amides is 2. The fraction of sp³-hybridized carbons (Fsp3) is 0.200. The van der Waals surface area contributed by atoms with Crippen LogP contribution in [0.25, 0.3) is 0 Å². The van der Waals surface area contributed by atoms with E-state index in [1.165, 1.54) is 13.0 Å². The number of nitrogens with one attached hydrogen (secondary N) is 1. The first-order valence-electron chi connectivity index (χ1n) is 4.44. The van der Waals surface area contributed by atoms with Crippen molar-refractivity contribution in [3.8, 4) is 0 Å². The average Bonchev–Trinajstić information content (AvgIpc) is 2.21. The lowest BCUT2D eigenvalue weighted by molar-refractivity contribution is -0.117. The standard InChI is InChI=1S/C10H10F2N2O2/c1-5-2-3-6(11)8(9(5)12)10(16)14-4-7(13)15/h2-3H,4H2,1H3,(H2,13,15)(H,14,16). The van der Waals surface area contributed by atoms with Gasteiger partial charge in [-0.1, -0.05) is 6.07 Å². The zero-order valence-electron chi connectivity index (χ0n) is 8.51. The predicted octanol–water partition coefficient (Wildman–Crippen LogP) is 0.488. The van der Waals surface area contributed by atoms with Crippen LogP contribution in [0.15, 0.2) is 12.1 Å². The molecule has 1 aromatic rings. The summed E-state index contributed by atoms with van der Waals surface area (Å²) >= 11 is 0. The second-order valence-electron chi connectivity index (χ2n) is 3.20. The molecule has 3 N–H and O–H groups in total. The molecule has 1 rings (SSSR count). The maximum Gasteiger partial charge on any atom is 0.257 e. The van der Waals surface area contributed by atoms with E-state index in [9.17, 15) is 18.4 Å². The van der Waals surface area contributed by atoms with Gasteiger partial charge in [0, 0.05) is 0 Å². The smallest absolute Gasteiger partial charge is 0.257 e. The first-order chi connectivity index (χ1) is 7.43. The van der Waals surface area contributed by atoms with Gasteiger partial charge >= 0.3 is 0 Å². The minimum Gasteiger partial charge on any atom is -0.368 e. The van der Waals surface area contributed by atoms with E-state index in [0.717, 1.165) is 6.07 Å². The molecule has 0 atom stereocenters. The van der Waals surface area contributed by atoms with E-state index < -0.39 is 35.6 Å². The predicted molar refractivity (Wildman–Crippen MR) is 52.6 cm³/mol. The lowest BCUT2D eigenvalue weighted by Crippen LogP contribution is -2.34. The van der Waals surface area contributed by atoms with Crippen LogP contribution in [-0.2, 0) is 4.79 Å². The number of halogens is 2. The second-order valence-corrected chi connectivity index (χ2v) is 3.20. The maximum atomic E-state index is 13.4. The van der Waals surface area contributed by atoms with E-state index in [-0.39, 0.29) is 5.56 Å². The van der Waals surface area contributed by atoms with Crippen molar-refractivity contribution >= 4 is 11.8 Å². The molecule has 0 aliphatic rings. The van der Waals surface area contributed by atoms with Crippen molar-refractivity contribution in [1.29, 1.82) is 0 Å². The Morgan fingerprint density at radius 2 is 2.00 bits per heavy atom. The Hall–Kier alpha value is -1.98. The summed E-state index contributed by atoms with van der Waals surface area (Å²) in [6, 6.07) is 2.20. The van der Waals surface area contributed by atoms with Crippen LogP contribution in [0, 0.1) is 18.6 Å². The van der Waals surface area contributed by atoms with Crippen molar-refractivity contribution in [3.05, 3.63) is 34.9 Å². The summed E-state index contributed by atoms with van der Waals surface area (Å²) in [6.07, 6.45) is 0. The zero-order chi connectivity index (χ0) is 12.3. The molecule has 0 saturated carbocycles. The molecule has 2 amide bonds. The number of primary amides is 1. The van der Waals surface area contributed by atoms with E-state index >= 15 is 0 Å². The van der Waals surface area contributed by atoms with Crippen LogP contribution in [0.2, 0.25) is 0 Å². The first-order valence-corrected chi connectivity index (χ1v) is 4.44. The highest BCUT2D eigenvalue weighted by molar-refractivity contribution is 5.96. The summed E-state index contributed by atoms with van der Waals surface area (Å²) in [5, 5.41) is 2.01. The Labute approximate surface area is 90.4 Å². The molecule has 0 saturated heterocycles. The van der Waals surface area contributed by atoms with Crippen molar-refractivity contribution < 1.29 is 18.4 Å². The van der Waals surface area contributed by atoms with Crippen LogP contribution in [0.3, 0.4) is 0 Å². The number of hydrogen-bond donors (Lipinski definition) is 2. The average molecular weight is 228 g/mol.